The molecule has 8 nitrogen and oxygen atoms in total. The van der Waals surface area contributed by atoms with Crippen LogP contribution >= 0.6 is 23.5 Å². The van der Waals surface area contributed by atoms with Crippen molar-refractivity contribution < 1.29 is 9.84 Å². The molecule has 0 radical (unpaired) electrons. The molecule has 0 spiro atoms. The van der Waals surface area contributed by atoms with Crippen LogP contribution in [0.3, 0.4) is 0 Å². The molecule has 6 rings (SSSR count). The second-order valence-electron chi connectivity index (χ2n) is 9.14. The molecule has 1 saturated heterocycles. The molecule has 1 fully saturated rings. The van der Waals surface area contributed by atoms with Gasteiger partial charge in [-0.1, -0.05) is 35.7 Å². The van der Waals surface area contributed by atoms with Crippen molar-refractivity contribution in [3.63, 3.8) is 0 Å². The Kier molecular flexibility index (Phi) is 7.12. The maximum Gasteiger partial charge on any atom is 0.250 e. The van der Waals surface area contributed by atoms with Crippen molar-refractivity contribution in [3.8, 4) is 11.3 Å². The topological polar surface area (TPSA) is 103 Å². The number of morpholine rings is 1. The maximum atomic E-state index is 12.6. The molecule has 2 aromatic heterocycles. The number of anilines is 2. The van der Waals surface area contributed by atoms with E-state index in [2.05, 4.69) is 61.6 Å². The zero-order chi connectivity index (χ0) is 26.1. The summed E-state index contributed by atoms with van der Waals surface area (Å²) in [4.78, 5) is 31.3. The molecular weight excluding hydrogens is 518 g/mol. The molecule has 0 amide bonds. The molecule has 2 aromatic carbocycles. The summed E-state index contributed by atoms with van der Waals surface area (Å²) in [6.45, 7) is 4.80. The number of aromatic nitrogens is 3. The van der Waals surface area contributed by atoms with Crippen molar-refractivity contribution in [2.45, 2.75) is 39.2 Å². The summed E-state index contributed by atoms with van der Waals surface area (Å²) in [6, 6.07) is 17.9. The van der Waals surface area contributed by atoms with Crippen LogP contribution in [0.15, 0.2) is 85.2 Å². The van der Waals surface area contributed by atoms with Gasteiger partial charge >= 0.3 is 0 Å². The Balaban J connectivity index is 1.26. The lowest BCUT2D eigenvalue weighted by Crippen LogP contribution is -2.36. The Morgan fingerprint density at radius 3 is 2.79 bits per heavy atom. The monoisotopic (exact) mass is 545 g/mol. The fourth-order valence-electron chi connectivity index (χ4n) is 4.61. The van der Waals surface area contributed by atoms with Crippen molar-refractivity contribution in [2.24, 2.45) is 0 Å². The van der Waals surface area contributed by atoms with E-state index >= 15 is 0 Å². The van der Waals surface area contributed by atoms with Gasteiger partial charge in [-0.3, -0.25) is 4.79 Å². The van der Waals surface area contributed by atoms with Gasteiger partial charge in [-0.15, -0.1) is 0 Å². The second kappa shape index (κ2) is 10.8. The van der Waals surface area contributed by atoms with Gasteiger partial charge in [0.2, 0.25) is 5.56 Å². The highest BCUT2D eigenvalue weighted by Gasteiger charge is 2.22. The SMILES string of the molecule is CC(Nc1ccc2c(c1)Sc1cccc(-c3cc(N4CCOCC4)cc(=O)[nH]3)c1S2)c1nccc(CO)n1. The van der Waals surface area contributed by atoms with Gasteiger partial charge in [-0.2, -0.15) is 0 Å². The van der Waals surface area contributed by atoms with Crippen LogP contribution in [-0.4, -0.2) is 46.4 Å². The molecule has 0 bridgehead atoms. The summed E-state index contributed by atoms with van der Waals surface area (Å²) >= 11 is 3.45. The van der Waals surface area contributed by atoms with Crippen LogP contribution in [0.5, 0.6) is 0 Å². The number of aromatic amines is 1. The first-order valence-electron chi connectivity index (χ1n) is 12.5. The number of hydrogen-bond acceptors (Lipinski definition) is 9. The molecule has 10 heteroatoms. The number of hydrogen-bond donors (Lipinski definition) is 3. The van der Waals surface area contributed by atoms with E-state index in [-0.39, 0.29) is 18.2 Å². The minimum Gasteiger partial charge on any atom is -0.390 e. The number of fused-ring (bicyclic) bond motifs is 2. The third kappa shape index (κ3) is 5.17. The Bertz CT molecular complexity index is 1540. The molecular formula is C28H27N5O3S2. The average Bonchev–Trinajstić information content (AvgIpc) is 2.96. The number of ether oxygens (including phenoxy) is 1. The van der Waals surface area contributed by atoms with Gasteiger partial charge < -0.3 is 25.0 Å². The van der Waals surface area contributed by atoms with Crippen LogP contribution in [0.25, 0.3) is 11.3 Å². The molecule has 1 unspecified atom stereocenters. The quantitative estimate of drug-likeness (QED) is 0.273. The first kappa shape index (κ1) is 25.0. The van der Waals surface area contributed by atoms with Crippen molar-refractivity contribution in [1.82, 2.24) is 15.0 Å². The van der Waals surface area contributed by atoms with E-state index in [9.17, 15) is 9.90 Å². The summed E-state index contributed by atoms with van der Waals surface area (Å²) in [7, 11) is 0. The Morgan fingerprint density at radius 2 is 1.95 bits per heavy atom. The Labute approximate surface area is 228 Å². The third-order valence-corrected chi connectivity index (χ3v) is 9.11. The van der Waals surface area contributed by atoms with Crippen LogP contribution in [0.2, 0.25) is 0 Å². The second-order valence-corrected chi connectivity index (χ2v) is 11.3. The van der Waals surface area contributed by atoms with Crippen molar-refractivity contribution >= 4 is 34.9 Å². The van der Waals surface area contributed by atoms with Gasteiger partial charge in [0.1, 0.15) is 0 Å². The Morgan fingerprint density at radius 1 is 1.08 bits per heavy atom. The van der Waals surface area contributed by atoms with Crippen LogP contribution in [0, 0.1) is 0 Å². The lowest BCUT2D eigenvalue weighted by Gasteiger charge is -2.29. The van der Waals surface area contributed by atoms with E-state index in [0.29, 0.717) is 24.7 Å². The van der Waals surface area contributed by atoms with Gasteiger partial charge in [0.05, 0.1) is 37.3 Å². The zero-order valence-electron chi connectivity index (χ0n) is 20.8. The first-order valence-corrected chi connectivity index (χ1v) is 14.1. The van der Waals surface area contributed by atoms with Crippen LogP contribution in [0.1, 0.15) is 24.5 Å². The lowest BCUT2D eigenvalue weighted by atomic mass is 10.1. The minimum absolute atomic E-state index is 0.103. The number of nitrogens with zero attached hydrogens (tertiary/aromatic N) is 3. The third-order valence-electron chi connectivity index (χ3n) is 6.51. The number of H-pyrrole nitrogens is 1. The highest BCUT2D eigenvalue weighted by molar-refractivity contribution is 8.05. The number of nitrogens with one attached hydrogen (secondary N) is 2. The van der Waals surface area contributed by atoms with Gasteiger partial charge in [-0.25, -0.2) is 9.97 Å². The predicted octanol–water partition coefficient (Wildman–Crippen LogP) is 4.95. The van der Waals surface area contributed by atoms with Crippen LogP contribution < -0.4 is 15.8 Å². The predicted molar refractivity (Wildman–Crippen MR) is 150 cm³/mol. The van der Waals surface area contributed by atoms with E-state index < -0.39 is 0 Å². The van der Waals surface area contributed by atoms with Gasteiger partial charge in [0.15, 0.2) is 5.82 Å². The fourth-order valence-corrected chi connectivity index (χ4v) is 7.02. The van der Waals surface area contributed by atoms with E-state index in [1.54, 1.807) is 41.9 Å². The summed E-state index contributed by atoms with van der Waals surface area (Å²) in [5, 5.41) is 12.9. The zero-order valence-corrected chi connectivity index (χ0v) is 22.4. The molecule has 0 saturated carbocycles. The standard InChI is InChI=1S/C28H27N5O3S2/c1-17(28-29-8-7-19(16-34)31-28)30-18-5-6-23-25(13-18)37-24-4-2-3-21(27(24)38-23)22-14-20(15-26(35)32-22)33-9-11-36-12-10-33/h2-8,13-15,17,30,34H,9-12,16H2,1H3,(H,32,35). The molecule has 3 N–H and O–H groups in total. The summed E-state index contributed by atoms with van der Waals surface area (Å²) < 4.78 is 5.48. The Hall–Kier alpha value is -3.31. The molecule has 1 atom stereocenters. The van der Waals surface area contributed by atoms with E-state index in [0.717, 1.165) is 50.4 Å². The van der Waals surface area contributed by atoms with Crippen LogP contribution in [0.4, 0.5) is 11.4 Å². The fraction of sp³-hybridized carbons (Fsp3) is 0.250. The number of aliphatic hydroxyl groups is 1. The van der Waals surface area contributed by atoms with Crippen LogP contribution in [-0.2, 0) is 11.3 Å². The summed E-state index contributed by atoms with van der Waals surface area (Å²) in [6.07, 6.45) is 1.67. The molecule has 2 aliphatic rings. The molecule has 2 aliphatic heterocycles. The summed E-state index contributed by atoms with van der Waals surface area (Å²) in [5.41, 5.74) is 4.25. The number of aliphatic hydroxyl groups excluding tert-OH is 1. The number of benzene rings is 2. The minimum atomic E-state index is -0.116. The molecule has 0 aliphatic carbocycles. The summed E-state index contributed by atoms with van der Waals surface area (Å²) in [5.74, 6) is 0.639. The highest BCUT2D eigenvalue weighted by atomic mass is 32.2. The smallest absolute Gasteiger partial charge is 0.250 e. The lowest BCUT2D eigenvalue weighted by molar-refractivity contribution is 0.122. The van der Waals surface area contributed by atoms with Gasteiger partial charge in [0, 0.05) is 61.9 Å². The highest BCUT2D eigenvalue weighted by Crippen LogP contribution is 2.52. The maximum absolute atomic E-state index is 12.6. The number of rotatable bonds is 6. The van der Waals surface area contributed by atoms with Crippen molar-refractivity contribution in [2.75, 3.05) is 36.5 Å². The molecule has 38 heavy (non-hydrogen) atoms. The number of pyridine rings is 1. The van der Waals surface area contributed by atoms with E-state index in [4.69, 9.17) is 4.74 Å². The van der Waals surface area contributed by atoms with Crippen molar-refractivity contribution in [3.05, 3.63) is 82.7 Å². The van der Waals surface area contributed by atoms with E-state index in [1.807, 2.05) is 13.0 Å². The normalized spacial score (nSPS) is 15.5. The van der Waals surface area contributed by atoms with Gasteiger partial charge in [-0.05, 0) is 43.3 Å². The average molecular weight is 546 g/mol. The van der Waals surface area contributed by atoms with E-state index in [1.165, 1.54) is 4.90 Å². The van der Waals surface area contributed by atoms with Crippen molar-refractivity contribution in [1.29, 1.82) is 0 Å². The van der Waals surface area contributed by atoms with Gasteiger partial charge in [0.25, 0.3) is 0 Å². The largest absolute Gasteiger partial charge is 0.390 e. The molecule has 194 valence electrons. The molecule has 4 aromatic rings. The molecule has 4 heterocycles. The first-order chi connectivity index (χ1) is 18.6.